The van der Waals surface area contributed by atoms with E-state index >= 15 is 0 Å². The van der Waals surface area contributed by atoms with Gasteiger partial charge in [-0.05, 0) is 24.2 Å². The molecule has 17 heavy (non-hydrogen) atoms. The molecule has 2 heterocycles. The molecular weight excluding hydrogens is 230 g/mol. The average molecular weight is 251 g/mol. The van der Waals surface area contributed by atoms with Crippen molar-refractivity contribution >= 4 is 11.9 Å². The SMILES string of the molecule is CCc1nc2c(c(C(C)C)n1)CCN(SC)C2. The molecule has 4 heteroatoms. The van der Waals surface area contributed by atoms with E-state index in [0.29, 0.717) is 5.92 Å². The van der Waals surface area contributed by atoms with Crippen LogP contribution in [0.2, 0.25) is 0 Å². The molecule has 0 radical (unpaired) electrons. The number of fused-ring (bicyclic) bond motifs is 1. The van der Waals surface area contributed by atoms with Crippen LogP contribution in [-0.2, 0) is 19.4 Å². The number of rotatable bonds is 3. The lowest BCUT2D eigenvalue weighted by Crippen LogP contribution is -2.27. The van der Waals surface area contributed by atoms with E-state index in [1.807, 2.05) is 11.9 Å². The molecule has 0 aliphatic carbocycles. The summed E-state index contributed by atoms with van der Waals surface area (Å²) in [5.74, 6) is 1.49. The van der Waals surface area contributed by atoms with E-state index in [2.05, 4.69) is 31.3 Å². The second-order valence-corrected chi connectivity index (χ2v) is 5.64. The Morgan fingerprint density at radius 3 is 2.71 bits per heavy atom. The Balaban J connectivity index is 2.42. The lowest BCUT2D eigenvalue weighted by Gasteiger charge is -2.28. The van der Waals surface area contributed by atoms with Crippen molar-refractivity contribution in [1.82, 2.24) is 14.3 Å². The summed E-state index contributed by atoms with van der Waals surface area (Å²) < 4.78 is 2.37. The van der Waals surface area contributed by atoms with E-state index in [1.165, 1.54) is 17.0 Å². The van der Waals surface area contributed by atoms with Crippen LogP contribution in [-0.4, -0.2) is 27.1 Å². The normalized spacial score (nSPS) is 16.3. The van der Waals surface area contributed by atoms with Gasteiger partial charge in [-0.15, -0.1) is 0 Å². The smallest absolute Gasteiger partial charge is 0.128 e. The first-order chi connectivity index (χ1) is 8.15. The number of aromatic nitrogens is 2. The molecule has 1 aromatic heterocycles. The van der Waals surface area contributed by atoms with Gasteiger partial charge in [0.2, 0.25) is 0 Å². The van der Waals surface area contributed by atoms with Gasteiger partial charge in [0.05, 0.1) is 17.9 Å². The molecule has 0 fully saturated rings. The van der Waals surface area contributed by atoms with Crippen LogP contribution in [0.4, 0.5) is 0 Å². The highest BCUT2D eigenvalue weighted by atomic mass is 32.2. The highest BCUT2D eigenvalue weighted by molar-refractivity contribution is 7.96. The number of aryl methyl sites for hydroxylation is 1. The summed E-state index contributed by atoms with van der Waals surface area (Å²) in [6.07, 6.45) is 4.15. The van der Waals surface area contributed by atoms with E-state index in [9.17, 15) is 0 Å². The van der Waals surface area contributed by atoms with Gasteiger partial charge < -0.3 is 0 Å². The quantitative estimate of drug-likeness (QED) is 0.773. The van der Waals surface area contributed by atoms with Gasteiger partial charge in [0, 0.05) is 13.0 Å². The first-order valence-corrected chi connectivity index (χ1v) is 7.51. The number of hydrogen-bond donors (Lipinski definition) is 0. The van der Waals surface area contributed by atoms with Gasteiger partial charge in [0.1, 0.15) is 5.82 Å². The molecule has 0 atom stereocenters. The molecular formula is C13H21N3S. The van der Waals surface area contributed by atoms with Crippen molar-refractivity contribution in [2.45, 2.75) is 46.1 Å². The van der Waals surface area contributed by atoms with E-state index in [1.54, 1.807) is 0 Å². The minimum Gasteiger partial charge on any atom is -0.245 e. The van der Waals surface area contributed by atoms with Gasteiger partial charge in [-0.25, -0.2) is 14.3 Å². The first-order valence-electron chi connectivity index (χ1n) is 6.33. The summed E-state index contributed by atoms with van der Waals surface area (Å²) in [6.45, 7) is 8.65. The van der Waals surface area contributed by atoms with Crippen molar-refractivity contribution in [2.75, 3.05) is 12.8 Å². The van der Waals surface area contributed by atoms with Crippen molar-refractivity contribution < 1.29 is 0 Å². The number of hydrogen-bond acceptors (Lipinski definition) is 4. The van der Waals surface area contributed by atoms with Gasteiger partial charge in [0.25, 0.3) is 0 Å². The van der Waals surface area contributed by atoms with Crippen LogP contribution >= 0.6 is 11.9 Å². The lowest BCUT2D eigenvalue weighted by atomic mass is 9.97. The third-order valence-electron chi connectivity index (χ3n) is 3.23. The standard InChI is InChI=1S/C13H21N3S/c1-5-12-14-11-8-16(17-4)7-6-10(11)13(15-12)9(2)3/h9H,5-8H2,1-4H3. The van der Waals surface area contributed by atoms with Crippen molar-refractivity contribution in [3.63, 3.8) is 0 Å². The zero-order valence-corrected chi connectivity index (χ0v) is 12.0. The molecule has 0 bridgehead atoms. The second kappa shape index (κ2) is 5.36. The molecule has 1 aliphatic heterocycles. The topological polar surface area (TPSA) is 29.0 Å². The van der Waals surface area contributed by atoms with Crippen LogP contribution in [0.15, 0.2) is 0 Å². The minimum atomic E-state index is 0.498. The van der Waals surface area contributed by atoms with Crippen LogP contribution in [0.1, 0.15) is 49.5 Å². The molecule has 0 saturated heterocycles. The molecule has 0 spiro atoms. The van der Waals surface area contributed by atoms with Crippen LogP contribution < -0.4 is 0 Å². The van der Waals surface area contributed by atoms with Crippen LogP contribution in [0.5, 0.6) is 0 Å². The third kappa shape index (κ3) is 2.63. The van der Waals surface area contributed by atoms with Crippen LogP contribution in [0.25, 0.3) is 0 Å². The fraction of sp³-hybridized carbons (Fsp3) is 0.692. The molecule has 0 saturated carbocycles. The summed E-state index contributed by atoms with van der Waals surface area (Å²) in [5.41, 5.74) is 3.93. The summed E-state index contributed by atoms with van der Waals surface area (Å²) in [7, 11) is 0. The van der Waals surface area contributed by atoms with Crippen molar-refractivity contribution in [3.8, 4) is 0 Å². The molecule has 3 nitrogen and oxygen atoms in total. The van der Waals surface area contributed by atoms with E-state index in [-0.39, 0.29) is 0 Å². The maximum absolute atomic E-state index is 4.72. The summed E-state index contributed by atoms with van der Waals surface area (Å²) in [4.78, 5) is 9.43. The maximum Gasteiger partial charge on any atom is 0.128 e. The predicted molar refractivity (Wildman–Crippen MR) is 73.1 cm³/mol. The average Bonchev–Trinajstić information content (AvgIpc) is 2.36. The Kier molecular flexibility index (Phi) is 4.05. The molecule has 2 rings (SSSR count). The zero-order valence-electron chi connectivity index (χ0n) is 11.2. The first kappa shape index (κ1) is 12.8. The Labute approximate surface area is 108 Å². The minimum absolute atomic E-state index is 0.498. The largest absolute Gasteiger partial charge is 0.245 e. The third-order valence-corrected chi connectivity index (χ3v) is 4.06. The van der Waals surface area contributed by atoms with Crippen molar-refractivity contribution in [2.24, 2.45) is 0 Å². The molecule has 0 amide bonds. The predicted octanol–water partition coefficient (Wildman–Crippen LogP) is 2.80. The maximum atomic E-state index is 4.72. The van der Waals surface area contributed by atoms with Crippen LogP contribution in [0, 0.1) is 0 Å². The van der Waals surface area contributed by atoms with Crippen molar-refractivity contribution in [3.05, 3.63) is 22.8 Å². The van der Waals surface area contributed by atoms with Gasteiger partial charge in [-0.1, -0.05) is 32.7 Å². The van der Waals surface area contributed by atoms with E-state index in [4.69, 9.17) is 9.97 Å². The Bertz CT molecular complexity index is 404. The summed E-state index contributed by atoms with van der Waals surface area (Å²) in [5, 5.41) is 0. The monoisotopic (exact) mass is 251 g/mol. The fourth-order valence-corrected chi connectivity index (χ4v) is 2.81. The number of nitrogens with zero attached hydrogens (tertiary/aromatic N) is 3. The second-order valence-electron chi connectivity index (χ2n) is 4.75. The van der Waals surface area contributed by atoms with Gasteiger partial charge in [0.15, 0.2) is 0 Å². The van der Waals surface area contributed by atoms with E-state index < -0.39 is 0 Å². The highest BCUT2D eigenvalue weighted by Gasteiger charge is 2.22. The summed E-state index contributed by atoms with van der Waals surface area (Å²) >= 11 is 1.81. The Morgan fingerprint density at radius 2 is 2.12 bits per heavy atom. The Hall–Kier alpha value is -0.610. The summed E-state index contributed by atoms with van der Waals surface area (Å²) in [6, 6.07) is 0. The lowest BCUT2D eigenvalue weighted by molar-refractivity contribution is 0.430. The molecule has 94 valence electrons. The fourth-order valence-electron chi connectivity index (χ4n) is 2.28. The zero-order chi connectivity index (χ0) is 12.4. The highest BCUT2D eigenvalue weighted by Crippen LogP contribution is 2.27. The van der Waals surface area contributed by atoms with Crippen LogP contribution in [0.3, 0.4) is 0 Å². The Morgan fingerprint density at radius 1 is 1.35 bits per heavy atom. The molecule has 0 unspecified atom stereocenters. The van der Waals surface area contributed by atoms with E-state index in [0.717, 1.165) is 31.8 Å². The van der Waals surface area contributed by atoms with Crippen molar-refractivity contribution in [1.29, 1.82) is 0 Å². The molecule has 1 aliphatic rings. The molecule has 0 aromatic carbocycles. The molecule has 1 aromatic rings. The van der Waals surface area contributed by atoms with Gasteiger partial charge in [-0.2, -0.15) is 0 Å². The van der Waals surface area contributed by atoms with Gasteiger partial charge >= 0.3 is 0 Å². The van der Waals surface area contributed by atoms with Gasteiger partial charge in [-0.3, -0.25) is 0 Å². The molecule has 0 N–H and O–H groups in total.